The second-order valence-electron chi connectivity index (χ2n) is 6.57. The van der Waals surface area contributed by atoms with Crippen molar-refractivity contribution < 1.29 is 19.4 Å². The highest BCUT2D eigenvalue weighted by Crippen LogP contribution is 2.30. The van der Waals surface area contributed by atoms with Crippen molar-refractivity contribution in [1.82, 2.24) is 9.78 Å². The molecule has 1 heterocycles. The number of non-ortho nitro benzene ring substituents is 1. The summed E-state index contributed by atoms with van der Waals surface area (Å²) in [6.45, 7) is 3.16. The van der Waals surface area contributed by atoms with Crippen LogP contribution in [0.15, 0.2) is 46.9 Å². The Labute approximate surface area is 184 Å². The Morgan fingerprint density at radius 2 is 1.77 bits per heavy atom. The van der Waals surface area contributed by atoms with E-state index in [1.165, 1.54) is 22.9 Å². The average Bonchev–Trinajstić information content (AvgIpc) is 2.98. The summed E-state index contributed by atoms with van der Waals surface area (Å²) in [5.74, 6) is -0.334. The van der Waals surface area contributed by atoms with E-state index in [-0.39, 0.29) is 28.1 Å². The van der Waals surface area contributed by atoms with Gasteiger partial charge < -0.3 is 20.2 Å². The number of ether oxygens (including phenoxy) is 1. The summed E-state index contributed by atoms with van der Waals surface area (Å²) in [6, 6.07) is 11.0. The summed E-state index contributed by atoms with van der Waals surface area (Å²) in [5.41, 5.74) is 1.29. The van der Waals surface area contributed by atoms with Gasteiger partial charge in [0.15, 0.2) is 0 Å². The summed E-state index contributed by atoms with van der Waals surface area (Å²) in [5, 5.41) is 28.6. The number of anilines is 1. The number of nitro groups is 2. The Kier molecular flexibility index (Phi) is 6.30. The lowest BCUT2D eigenvalue weighted by Crippen LogP contribution is -2.20. The Morgan fingerprint density at radius 1 is 1.10 bits per heavy atom. The van der Waals surface area contributed by atoms with E-state index < -0.39 is 21.6 Å². The van der Waals surface area contributed by atoms with Gasteiger partial charge >= 0.3 is 5.82 Å². The van der Waals surface area contributed by atoms with Gasteiger partial charge in [0.25, 0.3) is 5.69 Å². The summed E-state index contributed by atoms with van der Waals surface area (Å²) >= 11 is 3.08. The van der Waals surface area contributed by atoms with Gasteiger partial charge in [-0.25, -0.2) is 0 Å². The normalized spacial score (nSPS) is 10.5. The summed E-state index contributed by atoms with van der Waals surface area (Å²) < 4.78 is 7.02. The minimum Gasteiger partial charge on any atom is -0.457 e. The van der Waals surface area contributed by atoms with Gasteiger partial charge in [-0.1, -0.05) is 17.7 Å². The molecule has 0 spiro atoms. The van der Waals surface area contributed by atoms with Crippen molar-refractivity contribution in [2.24, 2.45) is 0 Å². The molecule has 2 aromatic carbocycles. The van der Waals surface area contributed by atoms with Gasteiger partial charge in [0.2, 0.25) is 5.91 Å². The Balaban J connectivity index is 1.81. The Morgan fingerprint density at radius 3 is 2.35 bits per heavy atom. The first kappa shape index (κ1) is 21.9. The van der Waals surface area contributed by atoms with Gasteiger partial charge in [-0.2, -0.15) is 4.68 Å². The lowest BCUT2D eigenvalue weighted by molar-refractivity contribution is -0.390. The van der Waals surface area contributed by atoms with E-state index in [1.54, 1.807) is 19.1 Å². The molecule has 31 heavy (non-hydrogen) atoms. The predicted octanol–water partition coefficient (Wildman–Crippen LogP) is 4.51. The van der Waals surface area contributed by atoms with Crippen LogP contribution >= 0.6 is 15.9 Å². The zero-order valence-electron chi connectivity index (χ0n) is 16.4. The fraction of sp³-hybridized carbons (Fsp3) is 0.158. The molecule has 1 aromatic heterocycles. The van der Waals surface area contributed by atoms with Gasteiger partial charge in [-0.05, 0) is 46.8 Å². The number of hydrogen-bond acceptors (Lipinski definition) is 7. The van der Waals surface area contributed by atoms with Crippen molar-refractivity contribution in [2.45, 2.75) is 20.4 Å². The third kappa shape index (κ3) is 5.22. The number of nitrogens with zero attached hydrogens (tertiary/aromatic N) is 4. The monoisotopic (exact) mass is 489 g/mol. The highest BCUT2D eigenvalue weighted by atomic mass is 79.9. The molecule has 3 aromatic rings. The van der Waals surface area contributed by atoms with Gasteiger partial charge in [0.05, 0.1) is 27.5 Å². The fourth-order valence-electron chi connectivity index (χ4n) is 2.68. The highest BCUT2D eigenvalue weighted by Gasteiger charge is 2.24. The topological polar surface area (TPSA) is 142 Å². The Hall–Kier alpha value is -3.80. The number of aromatic nitrogens is 2. The molecule has 0 aliphatic carbocycles. The molecule has 0 atom stereocenters. The first-order chi connectivity index (χ1) is 14.6. The third-order valence-corrected chi connectivity index (χ3v) is 5.15. The van der Waals surface area contributed by atoms with Gasteiger partial charge in [-0.15, -0.1) is 0 Å². The smallest absolute Gasteiger partial charge is 0.404 e. The maximum Gasteiger partial charge on any atom is 0.404 e. The van der Waals surface area contributed by atoms with Crippen LogP contribution in [0, 0.1) is 34.1 Å². The first-order valence-electron chi connectivity index (χ1n) is 8.85. The summed E-state index contributed by atoms with van der Waals surface area (Å²) in [7, 11) is 0. The number of amides is 1. The number of nitrogens with one attached hydrogen (secondary N) is 1. The Bertz CT molecular complexity index is 1180. The number of hydrogen-bond donors (Lipinski definition) is 1. The summed E-state index contributed by atoms with van der Waals surface area (Å²) in [6.07, 6.45) is 0. The molecule has 1 amide bonds. The molecule has 12 heteroatoms. The zero-order valence-corrected chi connectivity index (χ0v) is 18.0. The van der Waals surface area contributed by atoms with Crippen LogP contribution in [0.4, 0.5) is 17.2 Å². The van der Waals surface area contributed by atoms with Crippen LogP contribution in [0.2, 0.25) is 0 Å². The lowest BCUT2D eigenvalue weighted by atomic mass is 10.2. The van der Waals surface area contributed by atoms with Crippen molar-refractivity contribution in [2.75, 3.05) is 5.32 Å². The first-order valence-corrected chi connectivity index (χ1v) is 9.64. The van der Waals surface area contributed by atoms with Gasteiger partial charge in [0, 0.05) is 12.1 Å². The molecule has 3 rings (SSSR count). The fourth-order valence-corrected chi connectivity index (χ4v) is 3.11. The van der Waals surface area contributed by atoms with Crippen molar-refractivity contribution in [3.8, 4) is 11.5 Å². The lowest BCUT2D eigenvalue weighted by Gasteiger charge is -2.09. The van der Waals surface area contributed by atoms with Gasteiger partial charge in [0.1, 0.15) is 22.5 Å². The molecule has 0 fully saturated rings. The van der Waals surface area contributed by atoms with Crippen molar-refractivity contribution in [3.05, 3.63) is 78.4 Å². The molecule has 0 radical (unpaired) electrons. The average molecular weight is 490 g/mol. The number of rotatable bonds is 7. The van der Waals surface area contributed by atoms with Crippen LogP contribution in [0.25, 0.3) is 0 Å². The van der Waals surface area contributed by atoms with Crippen LogP contribution in [0.1, 0.15) is 11.3 Å². The van der Waals surface area contributed by atoms with E-state index in [0.29, 0.717) is 11.4 Å². The highest BCUT2D eigenvalue weighted by molar-refractivity contribution is 9.10. The largest absolute Gasteiger partial charge is 0.457 e. The van der Waals surface area contributed by atoms with E-state index in [0.717, 1.165) is 5.56 Å². The molecular formula is C19H16BrN5O6. The van der Waals surface area contributed by atoms with E-state index in [1.807, 2.05) is 19.1 Å². The SMILES string of the molecule is Cc1ccc(Oc2cc(NC(=O)Cn3nc([N+](=O)[O-])c(Br)c3C)cc([N+](=O)[O-])c2)cc1. The summed E-state index contributed by atoms with van der Waals surface area (Å²) in [4.78, 5) is 33.5. The van der Waals surface area contributed by atoms with E-state index in [2.05, 4.69) is 26.3 Å². The predicted molar refractivity (Wildman–Crippen MR) is 114 cm³/mol. The number of benzene rings is 2. The van der Waals surface area contributed by atoms with E-state index >= 15 is 0 Å². The van der Waals surface area contributed by atoms with E-state index in [9.17, 15) is 25.0 Å². The molecule has 0 aliphatic rings. The molecule has 0 saturated heterocycles. The minimum atomic E-state index is -0.666. The number of nitro benzene ring substituents is 1. The zero-order chi connectivity index (χ0) is 22.7. The third-order valence-electron chi connectivity index (χ3n) is 4.23. The van der Waals surface area contributed by atoms with Crippen LogP contribution in [0.3, 0.4) is 0 Å². The van der Waals surface area contributed by atoms with Crippen LogP contribution in [0.5, 0.6) is 11.5 Å². The molecule has 1 N–H and O–H groups in total. The van der Waals surface area contributed by atoms with Crippen LogP contribution in [-0.4, -0.2) is 25.5 Å². The van der Waals surface area contributed by atoms with E-state index in [4.69, 9.17) is 4.74 Å². The standard InChI is InChI=1S/C19H16BrN5O6/c1-11-3-5-15(6-4-11)31-16-8-13(7-14(9-16)24(27)28)21-17(26)10-23-12(2)18(20)19(22-23)25(29)30/h3-9H,10H2,1-2H3,(H,21,26). The number of carbonyl (C=O) groups is 1. The maximum absolute atomic E-state index is 12.4. The number of aryl methyl sites for hydroxylation is 1. The minimum absolute atomic E-state index is 0.139. The molecular weight excluding hydrogens is 474 g/mol. The van der Waals surface area contributed by atoms with Crippen molar-refractivity contribution in [3.63, 3.8) is 0 Å². The quantitative estimate of drug-likeness (QED) is 0.379. The number of halogens is 1. The second kappa shape index (κ2) is 8.92. The maximum atomic E-state index is 12.4. The molecule has 0 bridgehead atoms. The van der Waals surface area contributed by atoms with Gasteiger partial charge in [-0.3, -0.25) is 14.9 Å². The van der Waals surface area contributed by atoms with Crippen LogP contribution < -0.4 is 10.1 Å². The van der Waals surface area contributed by atoms with Crippen molar-refractivity contribution in [1.29, 1.82) is 0 Å². The molecule has 11 nitrogen and oxygen atoms in total. The molecule has 160 valence electrons. The molecule has 0 unspecified atom stereocenters. The van der Waals surface area contributed by atoms with Crippen molar-refractivity contribution >= 4 is 39.0 Å². The second-order valence-corrected chi connectivity index (χ2v) is 7.37. The molecule has 0 saturated carbocycles. The number of carbonyl (C=O) groups excluding carboxylic acids is 1. The van der Waals surface area contributed by atoms with Crippen LogP contribution in [-0.2, 0) is 11.3 Å². The molecule has 0 aliphatic heterocycles.